The highest BCUT2D eigenvalue weighted by atomic mass is 16.5. The van der Waals surface area contributed by atoms with E-state index in [1.807, 2.05) is 13.8 Å². The van der Waals surface area contributed by atoms with E-state index in [9.17, 15) is 9.59 Å². The molecule has 5 nitrogen and oxygen atoms in total. The van der Waals surface area contributed by atoms with E-state index in [2.05, 4.69) is 12.2 Å². The zero-order valence-electron chi connectivity index (χ0n) is 20.8. The third kappa shape index (κ3) is 13.6. The number of carbonyl (C=O) groups is 2. The quantitative estimate of drug-likeness (QED) is 0.166. The second kappa shape index (κ2) is 18.8. The van der Waals surface area contributed by atoms with Crippen LogP contribution in [-0.2, 0) is 9.53 Å². The molecule has 0 spiro atoms. The molecule has 1 unspecified atom stereocenters. The highest BCUT2D eigenvalue weighted by Gasteiger charge is 2.26. The van der Waals surface area contributed by atoms with Crippen molar-refractivity contribution in [2.24, 2.45) is 5.92 Å². The van der Waals surface area contributed by atoms with Crippen molar-refractivity contribution in [3.05, 3.63) is 24.2 Å². The lowest BCUT2D eigenvalue weighted by Gasteiger charge is -2.20. The topological polar surface area (TPSA) is 68.5 Å². The van der Waals surface area contributed by atoms with Crippen LogP contribution < -0.4 is 5.32 Å². The smallest absolute Gasteiger partial charge is 0.328 e. The molecule has 1 N–H and O–H groups in total. The lowest BCUT2D eigenvalue weighted by molar-refractivity contribution is -0.147. The maximum Gasteiger partial charge on any atom is 0.328 e. The molecular weight excluding hydrogens is 402 g/mol. The summed E-state index contributed by atoms with van der Waals surface area (Å²) >= 11 is 0. The van der Waals surface area contributed by atoms with Crippen LogP contribution in [0.15, 0.2) is 22.8 Å². The fraction of sp³-hybridized carbons (Fsp3) is 0.778. The van der Waals surface area contributed by atoms with Gasteiger partial charge >= 0.3 is 5.97 Å². The molecule has 1 aromatic rings. The third-order valence-corrected chi connectivity index (χ3v) is 5.94. The van der Waals surface area contributed by atoms with E-state index >= 15 is 0 Å². The van der Waals surface area contributed by atoms with Crippen LogP contribution >= 0.6 is 0 Å². The number of nitrogens with one attached hydrogen (secondary N) is 1. The van der Waals surface area contributed by atoms with E-state index in [0.29, 0.717) is 6.61 Å². The molecule has 1 amide bonds. The van der Waals surface area contributed by atoms with Gasteiger partial charge in [0.1, 0.15) is 6.04 Å². The fourth-order valence-corrected chi connectivity index (χ4v) is 3.85. The number of hydrogen-bond donors (Lipinski definition) is 1. The van der Waals surface area contributed by atoms with Gasteiger partial charge in [-0.15, -0.1) is 0 Å². The average molecular weight is 450 g/mol. The monoisotopic (exact) mass is 449 g/mol. The van der Waals surface area contributed by atoms with Crippen LogP contribution in [0.4, 0.5) is 0 Å². The maximum absolute atomic E-state index is 12.4. The minimum atomic E-state index is -0.663. The molecule has 0 bridgehead atoms. The Kier molecular flexibility index (Phi) is 16.6. The predicted molar refractivity (Wildman–Crippen MR) is 131 cm³/mol. The third-order valence-electron chi connectivity index (χ3n) is 5.94. The van der Waals surface area contributed by atoms with Crippen LogP contribution in [-0.4, -0.2) is 24.5 Å². The molecule has 0 aliphatic heterocycles. The van der Waals surface area contributed by atoms with Crippen molar-refractivity contribution < 1.29 is 18.7 Å². The van der Waals surface area contributed by atoms with Crippen molar-refractivity contribution >= 4 is 11.9 Å². The first kappa shape index (κ1) is 28.3. The highest BCUT2D eigenvalue weighted by Crippen LogP contribution is 2.14. The van der Waals surface area contributed by atoms with Gasteiger partial charge in [-0.1, -0.05) is 111 Å². The zero-order chi connectivity index (χ0) is 23.4. The fourth-order valence-electron chi connectivity index (χ4n) is 3.85. The molecule has 1 aromatic heterocycles. The van der Waals surface area contributed by atoms with Crippen LogP contribution in [0.5, 0.6) is 0 Å². The first-order chi connectivity index (χ1) is 15.6. The van der Waals surface area contributed by atoms with E-state index < -0.39 is 11.9 Å². The van der Waals surface area contributed by atoms with Crippen LogP contribution in [0.3, 0.4) is 0 Å². The summed E-state index contributed by atoms with van der Waals surface area (Å²) in [5.41, 5.74) is 0. The number of amides is 1. The van der Waals surface area contributed by atoms with E-state index in [4.69, 9.17) is 9.15 Å². The van der Waals surface area contributed by atoms with Crippen molar-refractivity contribution in [1.82, 2.24) is 5.32 Å². The SMILES string of the molecule is CCCCCCCCCCCCCCCCCOC(=O)C(NC(=O)c1ccco1)C(C)C. The van der Waals surface area contributed by atoms with Gasteiger partial charge in [0.2, 0.25) is 0 Å². The summed E-state index contributed by atoms with van der Waals surface area (Å²) in [6.07, 6.45) is 21.0. The second-order valence-corrected chi connectivity index (χ2v) is 9.29. The van der Waals surface area contributed by atoms with Crippen LogP contribution in [0.2, 0.25) is 0 Å². The molecule has 0 aliphatic rings. The first-order valence-electron chi connectivity index (χ1n) is 13.1. The summed E-state index contributed by atoms with van der Waals surface area (Å²) in [6.45, 7) is 6.46. The minimum absolute atomic E-state index is 0.0533. The summed E-state index contributed by atoms with van der Waals surface area (Å²) in [6, 6.07) is 2.56. The van der Waals surface area contributed by atoms with E-state index in [-0.39, 0.29) is 17.6 Å². The van der Waals surface area contributed by atoms with E-state index in [1.54, 1.807) is 12.1 Å². The molecule has 1 rings (SSSR count). The van der Waals surface area contributed by atoms with Crippen molar-refractivity contribution in [2.75, 3.05) is 6.61 Å². The Balaban J connectivity index is 1.97. The number of ether oxygens (including phenoxy) is 1. The first-order valence-corrected chi connectivity index (χ1v) is 13.1. The Labute approximate surface area is 196 Å². The maximum atomic E-state index is 12.4. The molecule has 32 heavy (non-hydrogen) atoms. The molecule has 0 aromatic carbocycles. The minimum Gasteiger partial charge on any atom is -0.464 e. The molecule has 5 heteroatoms. The van der Waals surface area contributed by atoms with Gasteiger partial charge in [0, 0.05) is 0 Å². The molecule has 184 valence electrons. The van der Waals surface area contributed by atoms with Gasteiger partial charge in [-0.05, 0) is 24.5 Å². The number of unbranched alkanes of at least 4 members (excludes halogenated alkanes) is 14. The number of rotatable bonds is 20. The van der Waals surface area contributed by atoms with Gasteiger partial charge in [0.25, 0.3) is 5.91 Å². The summed E-state index contributed by atoms with van der Waals surface area (Å²) in [5.74, 6) is -0.615. The number of esters is 1. The Morgan fingerprint density at radius 1 is 0.844 bits per heavy atom. The van der Waals surface area contributed by atoms with Crippen molar-refractivity contribution in [2.45, 2.75) is 123 Å². The summed E-state index contributed by atoms with van der Waals surface area (Å²) in [5, 5.41) is 2.72. The highest BCUT2D eigenvalue weighted by molar-refractivity contribution is 5.94. The van der Waals surface area contributed by atoms with Crippen molar-refractivity contribution in [3.8, 4) is 0 Å². The van der Waals surface area contributed by atoms with Gasteiger partial charge < -0.3 is 14.5 Å². The van der Waals surface area contributed by atoms with Crippen molar-refractivity contribution in [1.29, 1.82) is 0 Å². The average Bonchev–Trinajstić information content (AvgIpc) is 3.31. The normalized spacial score (nSPS) is 12.1. The predicted octanol–water partition coefficient (Wildman–Crippen LogP) is 7.45. The lowest BCUT2D eigenvalue weighted by Crippen LogP contribution is -2.45. The van der Waals surface area contributed by atoms with Gasteiger partial charge in [0.05, 0.1) is 12.9 Å². The molecule has 0 saturated carbocycles. The second-order valence-electron chi connectivity index (χ2n) is 9.29. The summed E-state index contributed by atoms with van der Waals surface area (Å²) in [7, 11) is 0. The van der Waals surface area contributed by atoms with Gasteiger partial charge in [-0.3, -0.25) is 4.79 Å². The molecule has 0 radical (unpaired) electrons. The van der Waals surface area contributed by atoms with Crippen LogP contribution in [0.25, 0.3) is 0 Å². The molecule has 0 saturated heterocycles. The number of furan rings is 1. The Morgan fingerprint density at radius 3 is 1.78 bits per heavy atom. The van der Waals surface area contributed by atoms with Crippen LogP contribution in [0.1, 0.15) is 128 Å². The van der Waals surface area contributed by atoms with E-state index in [1.165, 1.54) is 89.7 Å². The van der Waals surface area contributed by atoms with E-state index in [0.717, 1.165) is 12.8 Å². The van der Waals surface area contributed by atoms with Gasteiger partial charge in [0.15, 0.2) is 5.76 Å². The van der Waals surface area contributed by atoms with Gasteiger partial charge in [-0.25, -0.2) is 4.79 Å². The number of hydrogen-bond acceptors (Lipinski definition) is 4. The lowest BCUT2D eigenvalue weighted by atomic mass is 10.0. The number of carbonyl (C=O) groups excluding carboxylic acids is 2. The molecule has 1 heterocycles. The van der Waals surface area contributed by atoms with Crippen LogP contribution in [0, 0.1) is 5.92 Å². The summed E-state index contributed by atoms with van der Waals surface area (Å²) < 4.78 is 10.5. The zero-order valence-corrected chi connectivity index (χ0v) is 20.8. The largest absolute Gasteiger partial charge is 0.464 e. The molecular formula is C27H47NO4. The summed E-state index contributed by atoms with van der Waals surface area (Å²) in [4.78, 5) is 24.5. The standard InChI is InChI=1S/C27H47NO4/c1-4-5-6-7-8-9-10-11-12-13-14-15-16-17-18-21-32-27(30)25(23(2)3)28-26(29)24-20-19-22-31-24/h19-20,22-23,25H,4-18,21H2,1-3H3,(H,28,29). The van der Waals surface area contributed by atoms with Crippen molar-refractivity contribution in [3.63, 3.8) is 0 Å². The Hall–Kier alpha value is -1.78. The Morgan fingerprint density at radius 2 is 1.34 bits per heavy atom. The molecule has 1 atom stereocenters. The molecule has 0 fully saturated rings. The molecule has 0 aliphatic carbocycles. The Bertz CT molecular complexity index is 582. The van der Waals surface area contributed by atoms with Gasteiger partial charge in [-0.2, -0.15) is 0 Å².